The minimum atomic E-state index is -4.50. The molecule has 0 saturated heterocycles. The fourth-order valence-corrected chi connectivity index (χ4v) is 4.72. The van der Waals surface area contributed by atoms with Crippen molar-refractivity contribution in [3.63, 3.8) is 0 Å². The Labute approximate surface area is 229 Å². The van der Waals surface area contributed by atoms with Crippen LogP contribution in [0.25, 0.3) is 22.0 Å². The quantitative estimate of drug-likeness (QED) is 0.221. The number of nitrogens with one attached hydrogen (secondary N) is 1. The van der Waals surface area contributed by atoms with Crippen LogP contribution in [0.5, 0.6) is 5.75 Å². The van der Waals surface area contributed by atoms with Crippen molar-refractivity contribution in [2.24, 2.45) is 7.05 Å². The van der Waals surface area contributed by atoms with Crippen molar-refractivity contribution in [2.75, 3.05) is 18.2 Å². The molecule has 0 aliphatic carbocycles. The van der Waals surface area contributed by atoms with Crippen LogP contribution < -0.4 is 15.8 Å². The molecule has 3 aromatic carbocycles. The molecule has 5 rings (SSSR count). The van der Waals surface area contributed by atoms with Crippen molar-refractivity contribution >= 4 is 22.4 Å². The summed E-state index contributed by atoms with van der Waals surface area (Å²) >= 11 is 0. The average molecular weight is 547 g/mol. The van der Waals surface area contributed by atoms with Gasteiger partial charge < -0.3 is 20.4 Å². The van der Waals surface area contributed by atoms with Crippen LogP contribution >= 0.6 is 0 Å². The van der Waals surface area contributed by atoms with Gasteiger partial charge in [-0.3, -0.25) is 0 Å². The van der Waals surface area contributed by atoms with Crippen LogP contribution in [0.15, 0.2) is 67.0 Å². The number of hydrogen-bond acceptors (Lipinski definition) is 6. The number of nitrogens with zero attached hydrogens (tertiary/aromatic N) is 4. The Balaban J connectivity index is 1.50. The van der Waals surface area contributed by atoms with Crippen molar-refractivity contribution in [1.82, 2.24) is 19.5 Å². The molecular weight excluding hydrogens is 517 g/mol. The van der Waals surface area contributed by atoms with Crippen LogP contribution in [0, 0.1) is 6.92 Å². The molecule has 2 heterocycles. The van der Waals surface area contributed by atoms with E-state index in [1.165, 1.54) is 6.07 Å². The maximum atomic E-state index is 13.4. The summed E-state index contributed by atoms with van der Waals surface area (Å²) in [5, 5.41) is 4.02. The summed E-state index contributed by atoms with van der Waals surface area (Å²) in [6.07, 6.45) is -0.193. The van der Waals surface area contributed by atoms with Crippen molar-refractivity contribution in [1.29, 1.82) is 0 Å². The molecule has 0 spiro atoms. The Morgan fingerprint density at radius 1 is 1.02 bits per heavy atom. The van der Waals surface area contributed by atoms with E-state index in [0.717, 1.165) is 45.8 Å². The number of ether oxygens (including phenoxy) is 1. The molecule has 10 heteroatoms. The predicted molar refractivity (Wildman–Crippen MR) is 150 cm³/mol. The molecule has 40 heavy (non-hydrogen) atoms. The number of nitrogen functional groups attached to an aromatic ring is 1. The van der Waals surface area contributed by atoms with E-state index in [9.17, 15) is 13.2 Å². The van der Waals surface area contributed by atoms with Gasteiger partial charge in [0.15, 0.2) is 0 Å². The fraction of sp³-hybridized carbons (Fsp3) is 0.233. The van der Waals surface area contributed by atoms with Gasteiger partial charge >= 0.3 is 6.18 Å². The SMILES string of the molecule is COc1cc(-c2ccc3nc(C)nc(N[C@H](C)c4cc(N)cc(C(F)(F)F)c4)c3c2)ccc1Cc1nccn1C. The zero-order valence-electron chi connectivity index (χ0n) is 22.5. The number of benzene rings is 3. The number of aromatic nitrogens is 4. The summed E-state index contributed by atoms with van der Waals surface area (Å²) in [7, 11) is 3.60. The van der Waals surface area contributed by atoms with E-state index in [0.29, 0.717) is 29.1 Å². The number of rotatable bonds is 7. The number of anilines is 2. The topological polar surface area (TPSA) is 90.9 Å². The van der Waals surface area contributed by atoms with Gasteiger partial charge in [-0.2, -0.15) is 13.2 Å². The van der Waals surface area contributed by atoms with E-state index in [1.54, 1.807) is 27.2 Å². The number of imidazole rings is 1. The van der Waals surface area contributed by atoms with E-state index >= 15 is 0 Å². The normalized spacial score (nSPS) is 12.5. The van der Waals surface area contributed by atoms with Crippen LogP contribution in [-0.2, 0) is 19.6 Å². The average Bonchev–Trinajstić information content (AvgIpc) is 3.31. The summed E-state index contributed by atoms with van der Waals surface area (Å²) in [5.41, 5.74) is 9.04. The highest BCUT2D eigenvalue weighted by Crippen LogP contribution is 2.35. The second-order valence-electron chi connectivity index (χ2n) is 9.76. The highest BCUT2D eigenvalue weighted by atomic mass is 19.4. The molecule has 5 aromatic rings. The summed E-state index contributed by atoms with van der Waals surface area (Å²) in [5.74, 6) is 2.73. The fourth-order valence-electron chi connectivity index (χ4n) is 4.72. The van der Waals surface area contributed by atoms with Gasteiger partial charge in [0.05, 0.1) is 24.2 Å². The molecule has 0 saturated carbocycles. The summed E-state index contributed by atoms with van der Waals surface area (Å²) in [6, 6.07) is 15.0. The first-order valence-corrected chi connectivity index (χ1v) is 12.7. The van der Waals surface area contributed by atoms with E-state index in [4.69, 9.17) is 10.5 Å². The Morgan fingerprint density at radius 2 is 1.77 bits per heavy atom. The van der Waals surface area contributed by atoms with Crippen molar-refractivity contribution in [3.8, 4) is 16.9 Å². The summed E-state index contributed by atoms with van der Waals surface area (Å²) < 4.78 is 47.8. The largest absolute Gasteiger partial charge is 0.496 e. The molecule has 0 aliphatic rings. The minimum absolute atomic E-state index is 0.0461. The molecule has 0 fully saturated rings. The van der Waals surface area contributed by atoms with E-state index < -0.39 is 17.8 Å². The summed E-state index contributed by atoms with van der Waals surface area (Å²) in [4.78, 5) is 13.5. The number of halogens is 3. The lowest BCUT2D eigenvalue weighted by Crippen LogP contribution is -2.12. The molecule has 0 aliphatic heterocycles. The number of aryl methyl sites for hydroxylation is 2. The Kier molecular flexibility index (Phi) is 7.10. The highest BCUT2D eigenvalue weighted by Gasteiger charge is 2.31. The molecule has 206 valence electrons. The van der Waals surface area contributed by atoms with Crippen LogP contribution in [0.3, 0.4) is 0 Å². The first kappa shape index (κ1) is 27.0. The number of fused-ring (bicyclic) bond motifs is 1. The van der Waals surface area contributed by atoms with Crippen molar-refractivity contribution < 1.29 is 17.9 Å². The molecule has 3 N–H and O–H groups in total. The zero-order chi connectivity index (χ0) is 28.6. The maximum absolute atomic E-state index is 13.4. The molecule has 2 aromatic heterocycles. The Morgan fingerprint density at radius 3 is 2.48 bits per heavy atom. The summed E-state index contributed by atoms with van der Waals surface area (Å²) in [6.45, 7) is 3.55. The van der Waals surface area contributed by atoms with E-state index in [2.05, 4.69) is 20.3 Å². The van der Waals surface area contributed by atoms with Crippen molar-refractivity contribution in [3.05, 3.63) is 95.3 Å². The first-order valence-electron chi connectivity index (χ1n) is 12.7. The lowest BCUT2D eigenvalue weighted by atomic mass is 9.99. The zero-order valence-corrected chi connectivity index (χ0v) is 22.5. The Bertz CT molecular complexity index is 1700. The van der Waals surface area contributed by atoms with Gasteiger partial charge in [0.25, 0.3) is 0 Å². The van der Waals surface area contributed by atoms with Gasteiger partial charge in [0.2, 0.25) is 0 Å². The standard InChI is InChI=1S/C30H29F3N6O/c1-17(22-11-23(30(31,32)33)16-24(34)12-22)36-29-25-13-19(7-8-26(25)37-18(2)38-29)20-5-6-21(27(14-20)40-4)15-28-35-9-10-39(28)3/h5-14,16-17H,15,34H2,1-4H3,(H,36,37,38)/t17-/m1/s1. The number of alkyl halides is 3. The molecule has 1 atom stereocenters. The van der Waals surface area contributed by atoms with Gasteiger partial charge in [-0.25, -0.2) is 15.0 Å². The third-order valence-electron chi connectivity index (χ3n) is 6.86. The second-order valence-corrected chi connectivity index (χ2v) is 9.76. The van der Waals surface area contributed by atoms with E-state index in [-0.39, 0.29) is 5.69 Å². The van der Waals surface area contributed by atoms with Gasteiger partial charge in [0, 0.05) is 42.5 Å². The van der Waals surface area contributed by atoms with Crippen LogP contribution in [-0.4, -0.2) is 26.6 Å². The van der Waals surface area contributed by atoms with E-state index in [1.807, 2.05) is 54.2 Å². The number of methoxy groups -OCH3 is 1. The Hall–Kier alpha value is -4.60. The van der Waals surface area contributed by atoms with Gasteiger partial charge in [0.1, 0.15) is 23.2 Å². The third-order valence-corrected chi connectivity index (χ3v) is 6.86. The van der Waals surface area contributed by atoms with Crippen LogP contribution in [0.4, 0.5) is 24.7 Å². The molecule has 7 nitrogen and oxygen atoms in total. The molecular formula is C30H29F3N6O. The molecule has 0 amide bonds. The van der Waals surface area contributed by atoms with Crippen molar-refractivity contribution in [2.45, 2.75) is 32.5 Å². The van der Waals surface area contributed by atoms with Crippen LogP contribution in [0.1, 0.15) is 41.3 Å². The number of hydrogen-bond donors (Lipinski definition) is 2. The van der Waals surface area contributed by atoms with Gasteiger partial charge in [-0.15, -0.1) is 0 Å². The molecule has 0 radical (unpaired) electrons. The monoisotopic (exact) mass is 546 g/mol. The predicted octanol–water partition coefficient (Wildman–Crippen LogP) is 6.71. The maximum Gasteiger partial charge on any atom is 0.416 e. The molecule has 0 bridgehead atoms. The van der Waals surface area contributed by atoms with Crippen LogP contribution in [0.2, 0.25) is 0 Å². The first-order chi connectivity index (χ1) is 19.0. The smallest absolute Gasteiger partial charge is 0.416 e. The molecule has 0 unspecified atom stereocenters. The number of nitrogens with two attached hydrogens (primary N) is 1. The minimum Gasteiger partial charge on any atom is -0.496 e. The van der Waals surface area contributed by atoms with Gasteiger partial charge in [-0.1, -0.05) is 18.2 Å². The van der Waals surface area contributed by atoms with Gasteiger partial charge in [-0.05, 0) is 66.9 Å². The highest BCUT2D eigenvalue weighted by molar-refractivity contribution is 5.93. The second kappa shape index (κ2) is 10.5. The lowest BCUT2D eigenvalue weighted by molar-refractivity contribution is -0.137. The third kappa shape index (κ3) is 5.56. The lowest BCUT2D eigenvalue weighted by Gasteiger charge is -2.19.